The smallest absolute Gasteiger partial charge is 0.152 e. The SMILES string of the molecule is C=Cc1nccn1/N=C(/C)[CH-]C.[Lr]. The first-order valence-corrected chi connectivity index (χ1v) is 3.78. The molecule has 0 saturated heterocycles. The van der Waals surface area contributed by atoms with Gasteiger partial charge in [0.15, 0.2) is 5.82 Å². The van der Waals surface area contributed by atoms with Crippen LogP contribution in [-0.4, -0.2) is 15.4 Å². The van der Waals surface area contributed by atoms with Crippen molar-refractivity contribution < 1.29 is 0 Å². The normalized spacial score (nSPS) is 10.5. The van der Waals surface area contributed by atoms with E-state index in [2.05, 4.69) is 16.7 Å². The molecule has 13 heavy (non-hydrogen) atoms. The van der Waals surface area contributed by atoms with Crippen LogP contribution in [0.3, 0.4) is 0 Å². The molecule has 1 aromatic heterocycles. The Hall–Kier alpha value is -2.51. The van der Waals surface area contributed by atoms with Crippen molar-refractivity contribution >= 4 is 11.8 Å². The Morgan fingerprint density at radius 2 is 2.46 bits per heavy atom. The molecule has 1 rings (SSSR count). The van der Waals surface area contributed by atoms with Crippen molar-refractivity contribution in [3.8, 4) is 0 Å². The molecule has 0 atom stereocenters. The second-order valence-electron chi connectivity index (χ2n) is 2.36. The summed E-state index contributed by atoms with van der Waals surface area (Å²) in [4.78, 5) is 4.05. The van der Waals surface area contributed by atoms with E-state index < -0.39 is 0 Å². The summed E-state index contributed by atoms with van der Waals surface area (Å²) < 4.78 is 1.70. The Balaban J connectivity index is 0.00000144. The first-order chi connectivity index (χ1) is 5.77. The number of nitrogens with zero attached hydrogens (tertiary/aromatic N) is 3. The van der Waals surface area contributed by atoms with Gasteiger partial charge >= 0.3 is 0 Å². The van der Waals surface area contributed by atoms with Gasteiger partial charge in [-0.3, -0.25) is 0 Å². The van der Waals surface area contributed by atoms with Gasteiger partial charge in [0.2, 0.25) is 0 Å². The molecule has 0 bridgehead atoms. The zero-order valence-electron chi connectivity index (χ0n) is 7.62. The third-order valence-electron chi connectivity index (χ3n) is 1.52. The molecule has 4 heteroatoms. The largest absolute Gasteiger partial charge is 0.348 e. The van der Waals surface area contributed by atoms with Gasteiger partial charge in [-0.15, -0.1) is 5.71 Å². The summed E-state index contributed by atoms with van der Waals surface area (Å²) in [7, 11) is 0. The van der Waals surface area contributed by atoms with E-state index in [-0.39, 0.29) is 0 Å². The summed E-state index contributed by atoms with van der Waals surface area (Å²) >= 11 is 0. The fourth-order valence-corrected chi connectivity index (χ4v) is 0.767. The van der Waals surface area contributed by atoms with Crippen LogP contribution in [0, 0.1) is 6.42 Å². The second-order valence-corrected chi connectivity index (χ2v) is 2.36. The van der Waals surface area contributed by atoms with Gasteiger partial charge in [-0.1, -0.05) is 13.5 Å². The van der Waals surface area contributed by atoms with Crippen molar-refractivity contribution in [2.45, 2.75) is 13.8 Å². The number of hydrogen-bond donors (Lipinski definition) is 0. The topological polar surface area (TPSA) is 30.2 Å². The first kappa shape index (κ1) is 10.5. The van der Waals surface area contributed by atoms with E-state index in [1.54, 1.807) is 23.1 Å². The Bertz CT molecular complexity index is 302. The molecule has 0 N–H and O–H groups in total. The van der Waals surface area contributed by atoms with Crippen molar-refractivity contribution in [3.05, 3.63) is 31.2 Å². The average molecular weight is 424 g/mol. The maximum Gasteiger partial charge on any atom is 0.152 e. The van der Waals surface area contributed by atoms with E-state index in [9.17, 15) is 0 Å². The van der Waals surface area contributed by atoms with Crippen LogP contribution in [-0.2, 0) is 0 Å². The number of imidazole rings is 1. The minimum atomic E-state index is 0. The maximum absolute atomic E-state index is 4.25. The minimum absolute atomic E-state index is 0. The molecule has 0 unspecified atom stereocenters. The van der Waals surface area contributed by atoms with E-state index in [4.69, 9.17) is 0 Å². The monoisotopic (exact) mass is 424 g/mol. The fraction of sp³-hybridized carbons (Fsp3) is 0.222. The van der Waals surface area contributed by atoms with Crippen LogP contribution in [0.15, 0.2) is 24.1 Å². The van der Waals surface area contributed by atoms with Gasteiger partial charge in [0.05, 0.1) is 0 Å². The van der Waals surface area contributed by atoms with Crippen molar-refractivity contribution in [1.29, 1.82) is 0 Å². The van der Waals surface area contributed by atoms with Gasteiger partial charge in [-0.2, -0.15) is 6.92 Å². The van der Waals surface area contributed by atoms with Crippen molar-refractivity contribution in [2.24, 2.45) is 5.10 Å². The van der Waals surface area contributed by atoms with Crippen LogP contribution in [0.4, 0.5) is 0 Å². The summed E-state index contributed by atoms with van der Waals surface area (Å²) in [6, 6.07) is 0. The van der Waals surface area contributed by atoms with E-state index in [0.29, 0.717) is 0 Å². The molecule has 0 amide bonds. The quantitative estimate of drug-likeness (QED) is 0.540. The van der Waals surface area contributed by atoms with Crippen LogP contribution in [0.5, 0.6) is 0 Å². The van der Waals surface area contributed by atoms with E-state index in [1.165, 1.54) is 0 Å². The van der Waals surface area contributed by atoms with Gasteiger partial charge in [-0.25, -0.2) is 14.8 Å². The summed E-state index contributed by atoms with van der Waals surface area (Å²) in [5.74, 6) is 0.760. The van der Waals surface area contributed by atoms with Crippen molar-refractivity contribution in [3.63, 3.8) is 0 Å². The Morgan fingerprint density at radius 3 is 3.00 bits per heavy atom. The molecule has 0 aromatic carbocycles. The van der Waals surface area contributed by atoms with Crippen LogP contribution in [0.1, 0.15) is 19.7 Å². The molecule has 3 nitrogen and oxygen atoms in total. The minimum Gasteiger partial charge on any atom is -0.348 e. The second kappa shape index (κ2) is 4.38. The van der Waals surface area contributed by atoms with Gasteiger partial charge in [0, 0.05) is 12.4 Å². The first-order valence-electron chi connectivity index (χ1n) is 3.78. The molecular weight excluding hydrogens is 412 g/mol. The van der Waals surface area contributed by atoms with Gasteiger partial charge in [0.25, 0.3) is 0 Å². The Morgan fingerprint density at radius 1 is 1.77 bits per heavy atom. The summed E-state index contributed by atoms with van der Waals surface area (Å²) in [6.45, 7) is 7.52. The van der Waals surface area contributed by atoms with Crippen LogP contribution in [0.2, 0.25) is 0 Å². The number of hydrogen-bond acceptors (Lipinski definition) is 2. The van der Waals surface area contributed by atoms with Crippen LogP contribution in [0.25, 0.3) is 6.08 Å². The van der Waals surface area contributed by atoms with Crippen molar-refractivity contribution in [1.82, 2.24) is 9.66 Å². The molecule has 79 valence electrons. The molecule has 0 spiro atoms. The Kier molecular flexibility index (Phi) is 3.54. The molecule has 1 heterocycles. The molecule has 0 aliphatic carbocycles. The molecular formula is C9H12LrN3-. The van der Waals surface area contributed by atoms with Crippen molar-refractivity contribution in [2.75, 3.05) is 0 Å². The molecule has 1 radical (unpaired) electrons. The Labute approximate surface area is 72.4 Å². The maximum atomic E-state index is 4.25. The van der Waals surface area contributed by atoms with E-state index >= 15 is 0 Å². The van der Waals surface area contributed by atoms with Gasteiger partial charge < -0.3 is 6.42 Å². The van der Waals surface area contributed by atoms with E-state index in [1.807, 2.05) is 20.3 Å². The third-order valence-corrected chi connectivity index (χ3v) is 1.52. The van der Waals surface area contributed by atoms with Gasteiger partial charge in [0.1, 0.15) is 0 Å². The number of rotatable bonds is 3. The fourth-order valence-electron chi connectivity index (χ4n) is 0.767. The molecule has 0 aliphatic heterocycles. The van der Waals surface area contributed by atoms with Crippen LogP contribution < -0.4 is 0 Å². The zero-order valence-corrected chi connectivity index (χ0v) is 9.77. The van der Waals surface area contributed by atoms with E-state index in [0.717, 1.165) is 11.5 Å². The van der Waals surface area contributed by atoms with Crippen LogP contribution >= 0.6 is 0 Å². The standard InChI is InChI=1S/C9H12N3.Lr/c1-4-8(3)11-12-7-6-10-9(12)5-2;/h4-7H,2H2,1,3H3;/q-1;/b11-8-;. The summed E-state index contributed by atoms with van der Waals surface area (Å²) in [6.07, 6.45) is 7.10. The molecule has 0 fully saturated rings. The molecule has 1 aromatic rings. The predicted octanol–water partition coefficient (Wildman–Crippen LogP) is 1.97. The molecule has 0 aliphatic rings. The predicted molar refractivity (Wildman–Crippen MR) is 50.8 cm³/mol. The third kappa shape index (κ3) is 2.22. The van der Waals surface area contributed by atoms with Gasteiger partial charge in [-0.05, 0) is 6.08 Å². The molecule has 0 saturated carbocycles. The summed E-state index contributed by atoms with van der Waals surface area (Å²) in [5, 5.41) is 4.25. The average Bonchev–Trinajstić information content (AvgIpc) is 2.51. The number of aromatic nitrogens is 2. The zero-order chi connectivity index (χ0) is 8.97. The summed E-state index contributed by atoms with van der Waals surface area (Å²) in [5.41, 5.74) is 0.955.